The van der Waals surface area contributed by atoms with Gasteiger partial charge in [0.25, 0.3) is 5.91 Å². The van der Waals surface area contributed by atoms with E-state index < -0.39 is 0 Å². The van der Waals surface area contributed by atoms with E-state index in [1.807, 2.05) is 31.2 Å². The fourth-order valence-electron chi connectivity index (χ4n) is 4.37. The number of carbonyl (C=O) groups excluding carboxylic acids is 2. The predicted octanol–water partition coefficient (Wildman–Crippen LogP) is 8.13. The number of aromatic hydroxyl groups is 1. The molecule has 0 spiro atoms. The number of thioether (sulfide) groups is 1. The summed E-state index contributed by atoms with van der Waals surface area (Å²) in [6, 6.07) is 10.9. The van der Waals surface area contributed by atoms with Crippen LogP contribution < -0.4 is 9.64 Å². The Morgan fingerprint density at radius 2 is 1.68 bits per heavy atom. The summed E-state index contributed by atoms with van der Waals surface area (Å²) in [6.45, 7) is 8.28. The average molecular weight is 540 g/mol. The summed E-state index contributed by atoms with van der Waals surface area (Å²) in [5.41, 5.74) is 2.66. The molecule has 1 saturated heterocycles. The summed E-state index contributed by atoms with van der Waals surface area (Å²) in [4.78, 5) is 27.0. The SMILES string of the molecule is C=C1SC(=S)N(c2ccc(COc3ccc(C(=O)CCCCCCCCC)c(O)c3CCC)cc2)C1=O. The van der Waals surface area contributed by atoms with Gasteiger partial charge >= 0.3 is 0 Å². The lowest BCUT2D eigenvalue weighted by molar-refractivity contribution is -0.113. The van der Waals surface area contributed by atoms with Crippen molar-refractivity contribution >= 4 is 45.7 Å². The van der Waals surface area contributed by atoms with Gasteiger partial charge in [-0.25, -0.2) is 0 Å². The number of nitrogens with zero attached hydrogens (tertiary/aromatic N) is 1. The summed E-state index contributed by atoms with van der Waals surface area (Å²) < 4.78 is 6.54. The molecular weight excluding hydrogens is 502 g/mol. The topological polar surface area (TPSA) is 66.8 Å². The van der Waals surface area contributed by atoms with Crippen LogP contribution in [-0.2, 0) is 17.8 Å². The normalized spacial score (nSPS) is 13.5. The maximum Gasteiger partial charge on any atom is 0.270 e. The van der Waals surface area contributed by atoms with Crippen LogP contribution in [0, 0.1) is 0 Å². The number of anilines is 1. The lowest BCUT2D eigenvalue weighted by atomic mass is 9.98. The number of Topliss-reactive ketones (excluding diaryl/α,β-unsaturated/α-hetero) is 1. The number of phenolic OH excluding ortho intramolecular Hbond substituents is 1. The van der Waals surface area contributed by atoms with Gasteiger partial charge in [0.2, 0.25) is 0 Å². The Bertz CT molecular complexity index is 1130. The van der Waals surface area contributed by atoms with Crippen LogP contribution in [-0.4, -0.2) is 21.1 Å². The first kappa shape index (κ1) is 28.9. The molecule has 5 nitrogen and oxygen atoms in total. The standard InChI is InChI=1S/C30H37NO4S2/c1-4-6-7-8-9-10-11-13-26(32)24-18-19-27(25(12-5-2)28(24)33)35-20-22-14-16-23(17-15-22)31-29(34)21(3)37-30(31)36/h14-19,33H,3-13,20H2,1-2H3. The molecule has 198 valence electrons. The van der Waals surface area contributed by atoms with Crippen molar-refractivity contribution < 1.29 is 19.4 Å². The van der Waals surface area contributed by atoms with Crippen LogP contribution in [0.2, 0.25) is 0 Å². The van der Waals surface area contributed by atoms with Gasteiger partial charge in [0.1, 0.15) is 18.1 Å². The van der Waals surface area contributed by atoms with Gasteiger partial charge in [-0.15, -0.1) is 0 Å². The molecular formula is C30H37NO4S2. The largest absolute Gasteiger partial charge is 0.507 e. The van der Waals surface area contributed by atoms with E-state index in [0.29, 0.717) is 51.2 Å². The number of phenols is 1. The number of hydrogen-bond donors (Lipinski definition) is 1. The molecule has 0 radical (unpaired) electrons. The van der Waals surface area contributed by atoms with Gasteiger partial charge < -0.3 is 9.84 Å². The molecule has 0 saturated carbocycles. The molecule has 1 fully saturated rings. The predicted molar refractivity (Wildman–Crippen MR) is 157 cm³/mol. The van der Waals surface area contributed by atoms with Crippen molar-refractivity contribution in [3.05, 3.63) is 64.6 Å². The molecule has 3 rings (SSSR count). The van der Waals surface area contributed by atoms with Gasteiger partial charge in [-0.05, 0) is 42.7 Å². The smallest absolute Gasteiger partial charge is 0.270 e. The van der Waals surface area contributed by atoms with Crippen molar-refractivity contribution in [1.82, 2.24) is 0 Å². The highest BCUT2D eigenvalue weighted by atomic mass is 32.2. The van der Waals surface area contributed by atoms with Gasteiger partial charge in [-0.1, -0.05) is 101 Å². The Hall–Kier alpha value is -2.64. The van der Waals surface area contributed by atoms with Gasteiger partial charge in [-0.2, -0.15) is 0 Å². The first-order valence-electron chi connectivity index (χ1n) is 13.2. The molecule has 1 N–H and O–H groups in total. The van der Waals surface area contributed by atoms with E-state index >= 15 is 0 Å². The molecule has 0 bridgehead atoms. The summed E-state index contributed by atoms with van der Waals surface area (Å²) in [5.74, 6) is 0.419. The highest BCUT2D eigenvalue weighted by Crippen LogP contribution is 2.35. The quantitative estimate of drug-likeness (QED) is 0.107. The molecule has 1 aliphatic heterocycles. The Morgan fingerprint density at radius 3 is 2.30 bits per heavy atom. The zero-order valence-corrected chi connectivity index (χ0v) is 23.5. The van der Waals surface area contributed by atoms with Crippen LogP contribution in [0.15, 0.2) is 47.9 Å². The molecule has 0 atom stereocenters. The van der Waals surface area contributed by atoms with Crippen molar-refractivity contribution in [2.75, 3.05) is 4.90 Å². The number of hydrogen-bond acceptors (Lipinski definition) is 6. The summed E-state index contributed by atoms with van der Waals surface area (Å²) in [7, 11) is 0. The van der Waals surface area contributed by atoms with Crippen LogP contribution in [0.5, 0.6) is 11.5 Å². The number of ketones is 1. The van der Waals surface area contributed by atoms with E-state index in [-0.39, 0.29) is 17.4 Å². The van der Waals surface area contributed by atoms with Crippen LogP contribution >= 0.6 is 24.0 Å². The van der Waals surface area contributed by atoms with E-state index in [4.69, 9.17) is 17.0 Å². The number of carbonyl (C=O) groups is 2. The Morgan fingerprint density at radius 1 is 1.00 bits per heavy atom. The number of benzene rings is 2. The van der Waals surface area contributed by atoms with E-state index in [1.54, 1.807) is 12.1 Å². The zero-order chi connectivity index (χ0) is 26.8. The molecule has 2 aromatic rings. The first-order valence-corrected chi connectivity index (χ1v) is 14.4. The summed E-state index contributed by atoms with van der Waals surface area (Å²) in [6.07, 6.45) is 9.94. The van der Waals surface area contributed by atoms with E-state index in [2.05, 4.69) is 13.5 Å². The number of thiocarbonyl (C=S) groups is 1. The highest BCUT2D eigenvalue weighted by Gasteiger charge is 2.31. The molecule has 2 aromatic carbocycles. The van der Waals surface area contributed by atoms with Crippen LogP contribution in [0.3, 0.4) is 0 Å². The van der Waals surface area contributed by atoms with Crippen LogP contribution in [0.4, 0.5) is 5.69 Å². The molecule has 0 aliphatic carbocycles. The minimum Gasteiger partial charge on any atom is -0.507 e. The van der Waals surface area contributed by atoms with Crippen LogP contribution in [0.1, 0.15) is 93.1 Å². The Labute approximate surface area is 230 Å². The number of rotatable bonds is 15. The minimum atomic E-state index is -0.194. The van der Waals surface area contributed by atoms with E-state index in [1.165, 1.54) is 42.3 Å². The van der Waals surface area contributed by atoms with Gasteiger partial charge in [0.05, 0.1) is 16.2 Å². The van der Waals surface area contributed by atoms with Crippen molar-refractivity contribution in [3.63, 3.8) is 0 Å². The maximum atomic E-state index is 12.8. The summed E-state index contributed by atoms with van der Waals surface area (Å²) in [5, 5.41) is 10.9. The second kappa shape index (κ2) is 14.3. The Kier molecular flexibility index (Phi) is 11.2. The van der Waals surface area contributed by atoms with Gasteiger partial charge in [-0.3, -0.25) is 14.5 Å². The fraction of sp³-hybridized carbons (Fsp3) is 0.433. The highest BCUT2D eigenvalue weighted by molar-refractivity contribution is 8.27. The van der Waals surface area contributed by atoms with E-state index in [9.17, 15) is 14.7 Å². The van der Waals surface area contributed by atoms with Crippen molar-refractivity contribution in [3.8, 4) is 11.5 Å². The molecule has 0 unspecified atom stereocenters. The lowest BCUT2D eigenvalue weighted by Crippen LogP contribution is -2.27. The molecule has 37 heavy (non-hydrogen) atoms. The molecule has 1 heterocycles. The molecule has 0 aromatic heterocycles. The van der Waals surface area contributed by atoms with Crippen molar-refractivity contribution in [1.29, 1.82) is 0 Å². The third kappa shape index (κ3) is 7.68. The van der Waals surface area contributed by atoms with Crippen LogP contribution in [0.25, 0.3) is 0 Å². The summed E-state index contributed by atoms with van der Waals surface area (Å²) >= 11 is 6.49. The number of unbranched alkanes of at least 4 members (excludes halogenated alkanes) is 6. The van der Waals surface area contributed by atoms with Gasteiger partial charge in [0, 0.05) is 12.0 Å². The lowest BCUT2D eigenvalue weighted by Gasteiger charge is -2.17. The third-order valence-electron chi connectivity index (χ3n) is 6.47. The average Bonchev–Trinajstić information content (AvgIpc) is 3.14. The number of amides is 1. The third-order valence-corrected chi connectivity index (χ3v) is 7.68. The second-order valence-corrected chi connectivity index (χ2v) is 11.1. The zero-order valence-electron chi connectivity index (χ0n) is 21.9. The Balaban J connectivity index is 1.61. The maximum absolute atomic E-state index is 12.8. The van der Waals surface area contributed by atoms with E-state index in [0.717, 1.165) is 31.2 Å². The fourth-order valence-corrected chi connectivity index (χ4v) is 5.53. The molecule has 7 heteroatoms. The monoisotopic (exact) mass is 539 g/mol. The number of ether oxygens (including phenoxy) is 1. The molecule has 1 amide bonds. The second-order valence-electron chi connectivity index (χ2n) is 9.37. The minimum absolute atomic E-state index is 0.0132. The first-order chi connectivity index (χ1) is 17.9. The van der Waals surface area contributed by atoms with Gasteiger partial charge in [0.15, 0.2) is 10.1 Å². The van der Waals surface area contributed by atoms with Crippen molar-refractivity contribution in [2.24, 2.45) is 0 Å². The van der Waals surface area contributed by atoms with Crippen molar-refractivity contribution in [2.45, 2.75) is 84.7 Å². The molecule has 1 aliphatic rings.